The number of methoxy groups -OCH3 is 2. The third-order valence-corrected chi connectivity index (χ3v) is 7.28. The molecule has 11 heteroatoms. The highest BCUT2D eigenvalue weighted by molar-refractivity contribution is 8.15. The van der Waals surface area contributed by atoms with Gasteiger partial charge in [0.05, 0.1) is 30.5 Å². The highest BCUT2D eigenvalue weighted by Crippen LogP contribution is 2.33. The predicted molar refractivity (Wildman–Crippen MR) is 151 cm³/mol. The van der Waals surface area contributed by atoms with Gasteiger partial charge in [0.2, 0.25) is 11.8 Å². The third-order valence-electron chi connectivity index (χ3n) is 6.10. The topological polar surface area (TPSA) is 123 Å². The lowest BCUT2D eigenvalue weighted by atomic mass is 10.1. The average Bonchev–Trinajstić information content (AvgIpc) is 3.21. The van der Waals surface area contributed by atoms with Crippen LogP contribution in [0.5, 0.6) is 11.5 Å². The molecule has 1 atom stereocenters. The van der Waals surface area contributed by atoms with E-state index in [0.29, 0.717) is 23.8 Å². The molecule has 1 aliphatic heterocycles. The lowest BCUT2D eigenvalue weighted by Crippen LogP contribution is -2.35. The number of hydrogen-bond donors (Lipinski definition) is 1. The van der Waals surface area contributed by atoms with Crippen molar-refractivity contribution in [2.24, 2.45) is 4.99 Å². The molecule has 1 fully saturated rings. The van der Waals surface area contributed by atoms with Crippen molar-refractivity contribution >= 4 is 45.8 Å². The van der Waals surface area contributed by atoms with Gasteiger partial charge < -0.3 is 14.8 Å². The average molecular weight is 549 g/mol. The Morgan fingerprint density at radius 3 is 2.44 bits per heavy atom. The molecular formula is C28H28N4O6S. The third kappa shape index (κ3) is 6.94. The summed E-state index contributed by atoms with van der Waals surface area (Å²) in [5, 5.41) is 13.6. The van der Waals surface area contributed by atoms with Gasteiger partial charge in [-0.15, -0.1) is 0 Å². The number of thioether (sulfide) groups is 1. The van der Waals surface area contributed by atoms with E-state index in [9.17, 15) is 19.7 Å². The molecule has 1 N–H and O–H groups in total. The van der Waals surface area contributed by atoms with Crippen LogP contribution in [-0.4, -0.2) is 52.8 Å². The summed E-state index contributed by atoms with van der Waals surface area (Å²) < 4.78 is 10.4. The summed E-state index contributed by atoms with van der Waals surface area (Å²) >= 11 is 1.23. The van der Waals surface area contributed by atoms with Crippen molar-refractivity contribution in [1.29, 1.82) is 0 Å². The van der Waals surface area contributed by atoms with E-state index in [2.05, 4.69) is 5.32 Å². The molecule has 0 bridgehead atoms. The Hall–Kier alpha value is -4.38. The number of non-ortho nitro benzene ring substituents is 1. The van der Waals surface area contributed by atoms with Crippen molar-refractivity contribution in [2.75, 3.05) is 26.1 Å². The van der Waals surface area contributed by atoms with Crippen molar-refractivity contribution in [3.05, 3.63) is 88.0 Å². The standard InChI is InChI=1S/C28H28N4O6S/c1-18-4-8-20(9-5-18)29-28-31(15-14-19-6-11-22(37-2)12-7-19)27(34)25(39-28)17-26(33)30-23-16-21(32(35)36)10-13-24(23)38-3/h4-13,16,25H,14-15,17H2,1-3H3,(H,30,33). The SMILES string of the molecule is COc1ccc(CCN2C(=O)C(CC(=O)Nc3cc([N+](=O)[O-])ccc3OC)SC2=Nc2ccc(C)cc2)cc1. The summed E-state index contributed by atoms with van der Waals surface area (Å²) in [4.78, 5) is 43.3. The van der Waals surface area contributed by atoms with Gasteiger partial charge in [0.1, 0.15) is 16.7 Å². The predicted octanol–water partition coefficient (Wildman–Crippen LogP) is 5.12. The van der Waals surface area contributed by atoms with Crippen LogP contribution in [0.25, 0.3) is 0 Å². The molecule has 0 spiro atoms. The smallest absolute Gasteiger partial charge is 0.271 e. The summed E-state index contributed by atoms with van der Waals surface area (Å²) in [7, 11) is 3.01. The minimum absolute atomic E-state index is 0.138. The van der Waals surface area contributed by atoms with E-state index in [1.807, 2.05) is 55.5 Å². The van der Waals surface area contributed by atoms with E-state index in [4.69, 9.17) is 14.5 Å². The van der Waals surface area contributed by atoms with Crippen LogP contribution in [0, 0.1) is 17.0 Å². The highest BCUT2D eigenvalue weighted by atomic mass is 32.2. The second-order valence-electron chi connectivity index (χ2n) is 8.82. The normalized spacial score (nSPS) is 15.9. The number of aryl methyl sites for hydroxylation is 1. The van der Waals surface area contributed by atoms with Gasteiger partial charge in [-0.1, -0.05) is 41.6 Å². The number of amidine groups is 1. The van der Waals surface area contributed by atoms with Crippen molar-refractivity contribution in [2.45, 2.75) is 25.0 Å². The summed E-state index contributed by atoms with van der Waals surface area (Å²) in [6.45, 7) is 2.37. The molecule has 3 aromatic carbocycles. The van der Waals surface area contributed by atoms with Gasteiger partial charge in [-0.2, -0.15) is 0 Å². The van der Waals surface area contributed by atoms with Crippen LogP contribution in [0.3, 0.4) is 0 Å². The molecule has 202 valence electrons. The Morgan fingerprint density at radius 2 is 1.79 bits per heavy atom. The monoisotopic (exact) mass is 548 g/mol. The van der Waals surface area contributed by atoms with Crippen LogP contribution in [-0.2, 0) is 16.0 Å². The van der Waals surface area contributed by atoms with Gasteiger partial charge in [0.25, 0.3) is 5.69 Å². The number of anilines is 1. The van der Waals surface area contributed by atoms with Crippen LogP contribution >= 0.6 is 11.8 Å². The van der Waals surface area contributed by atoms with E-state index in [-0.39, 0.29) is 29.5 Å². The molecule has 0 aromatic heterocycles. The Bertz CT molecular complexity index is 1390. The van der Waals surface area contributed by atoms with E-state index in [1.165, 1.54) is 37.1 Å². The second-order valence-corrected chi connectivity index (χ2v) is 9.99. The van der Waals surface area contributed by atoms with Crippen LogP contribution in [0.2, 0.25) is 0 Å². The number of ether oxygens (including phenoxy) is 2. The first-order valence-corrected chi connectivity index (χ1v) is 13.0. The second kappa shape index (κ2) is 12.4. The molecule has 1 unspecified atom stereocenters. The zero-order chi connectivity index (χ0) is 27.9. The van der Waals surface area contributed by atoms with Crippen LogP contribution in [0.4, 0.5) is 17.1 Å². The van der Waals surface area contributed by atoms with E-state index in [1.54, 1.807) is 12.0 Å². The number of nitro benzene ring substituents is 1. The molecule has 0 saturated carbocycles. The molecule has 0 aliphatic carbocycles. The van der Waals surface area contributed by atoms with Crippen molar-refractivity contribution in [3.63, 3.8) is 0 Å². The highest BCUT2D eigenvalue weighted by Gasteiger charge is 2.39. The molecule has 10 nitrogen and oxygen atoms in total. The van der Waals surface area contributed by atoms with E-state index in [0.717, 1.165) is 16.9 Å². The molecule has 2 amide bonds. The lowest BCUT2D eigenvalue weighted by molar-refractivity contribution is -0.384. The summed E-state index contributed by atoms with van der Waals surface area (Å²) in [5.74, 6) is 0.341. The number of benzene rings is 3. The number of nitrogens with zero attached hydrogens (tertiary/aromatic N) is 3. The fraction of sp³-hybridized carbons (Fsp3) is 0.250. The van der Waals surface area contributed by atoms with E-state index < -0.39 is 16.1 Å². The van der Waals surface area contributed by atoms with Gasteiger partial charge in [-0.3, -0.25) is 24.6 Å². The summed E-state index contributed by atoms with van der Waals surface area (Å²) in [6.07, 6.45) is 0.453. The van der Waals surface area contributed by atoms with Crippen molar-refractivity contribution in [1.82, 2.24) is 4.90 Å². The van der Waals surface area contributed by atoms with Crippen LogP contribution in [0.15, 0.2) is 71.7 Å². The molecule has 0 radical (unpaired) electrons. The zero-order valence-corrected chi connectivity index (χ0v) is 22.6. The Balaban J connectivity index is 1.52. The molecule has 1 aliphatic rings. The van der Waals surface area contributed by atoms with Crippen molar-refractivity contribution in [3.8, 4) is 11.5 Å². The van der Waals surface area contributed by atoms with E-state index >= 15 is 0 Å². The maximum atomic E-state index is 13.4. The van der Waals surface area contributed by atoms with Crippen molar-refractivity contribution < 1.29 is 24.0 Å². The number of carbonyl (C=O) groups excluding carboxylic acids is 2. The van der Waals surface area contributed by atoms with Gasteiger partial charge in [0, 0.05) is 25.1 Å². The fourth-order valence-corrected chi connectivity index (χ4v) is 5.15. The maximum absolute atomic E-state index is 13.4. The molecule has 1 heterocycles. The minimum atomic E-state index is -0.699. The largest absolute Gasteiger partial charge is 0.497 e. The Kier molecular flexibility index (Phi) is 8.82. The van der Waals surface area contributed by atoms with Gasteiger partial charge in [-0.25, -0.2) is 4.99 Å². The van der Waals surface area contributed by atoms with Crippen LogP contribution in [0.1, 0.15) is 17.5 Å². The van der Waals surface area contributed by atoms with Gasteiger partial charge >= 0.3 is 0 Å². The first-order chi connectivity index (χ1) is 18.8. The van der Waals surface area contributed by atoms with Gasteiger partial charge in [-0.05, 0) is 49.2 Å². The number of nitrogens with one attached hydrogen (secondary N) is 1. The molecule has 1 saturated heterocycles. The first-order valence-electron chi connectivity index (χ1n) is 12.2. The number of hydrogen-bond acceptors (Lipinski definition) is 8. The molecule has 3 aromatic rings. The Morgan fingerprint density at radius 1 is 1.08 bits per heavy atom. The van der Waals surface area contributed by atoms with Crippen LogP contribution < -0.4 is 14.8 Å². The zero-order valence-electron chi connectivity index (χ0n) is 21.7. The number of nitro groups is 1. The maximum Gasteiger partial charge on any atom is 0.271 e. The number of amides is 2. The summed E-state index contributed by atoms with van der Waals surface area (Å²) in [6, 6.07) is 19.2. The number of carbonyl (C=O) groups is 2. The number of rotatable bonds is 10. The number of aliphatic imine (C=N–C) groups is 1. The lowest BCUT2D eigenvalue weighted by Gasteiger charge is -2.17. The minimum Gasteiger partial charge on any atom is -0.497 e. The van der Waals surface area contributed by atoms with Gasteiger partial charge in [0.15, 0.2) is 5.17 Å². The first kappa shape index (κ1) is 27.6. The summed E-state index contributed by atoms with van der Waals surface area (Å²) in [5.41, 5.74) is 2.81. The Labute approximate surface area is 230 Å². The molecule has 4 rings (SSSR count). The fourth-order valence-electron chi connectivity index (χ4n) is 3.97. The quantitative estimate of drug-likeness (QED) is 0.275. The molecular weight excluding hydrogens is 520 g/mol. The molecule has 39 heavy (non-hydrogen) atoms.